The van der Waals surface area contributed by atoms with Gasteiger partial charge in [-0.05, 0) is 37.9 Å². The van der Waals surface area contributed by atoms with E-state index in [-0.39, 0.29) is 11.9 Å². The average Bonchev–Trinajstić information content (AvgIpc) is 3.26. The SMILES string of the molecule is CC(NC(=O)c1csc(CCN)n1)C1CCN(Cc2ccccc2)C1. The maximum Gasteiger partial charge on any atom is 0.270 e. The molecule has 5 nitrogen and oxygen atoms in total. The van der Waals surface area contributed by atoms with Gasteiger partial charge in [-0.25, -0.2) is 4.98 Å². The molecule has 3 N–H and O–H groups in total. The molecule has 1 amide bonds. The number of carbonyl (C=O) groups is 1. The van der Waals surface area contributed by atoms with Gasteiger partial charge in [0.05, 0.1) is 5.01 Å². The number of amides is 1. The summed E-state index contributed by atoms with van der Waals surface area (Å²) in [4.78, 5) is 19.2. The van der Waals surface area contributed by atoms with Gasteiger partial charge in [0.25, 0.3) is 5.91 Å². The number of carbonyl (C=O) groups excluding carboxylic acids is 1. The van der Waals surface area contributed by atoms with Crippen molar-refractivity contribution in [1.29, 1.82) is 0 Å². The van der Waals surface area contributed by atoms with Crippen LogP contribution < -0.4 is 11.1 Å². The topological polar surface area (TPSA) is 71.2 Å². The van der Waals surface area contributed by atoms with Gasteiger partial charge in [-0.3, -0.25) is 9.69 Å². The van der Waals surface area contributed by atoms with E-state index in [2.05, 4.69) is 46.4 Å². The Morgan fingerprint density at radius 2 is 2.24 bits per heavy atom. The first-order valence-electron chi connectivity index (χ1n) is 8.87. The highest BCUT2D eigenvalue weighted by molar-refractivity contribution is 7.09. The van der Waals surface area contributed by atoms with Crippen LogP contribution in [0.5, 0.6) is 0 Å². The summed E-state index contributed by atoms with van der Waals surface area (Å²) in [6.07, 6.45) is 1.84. The number of benzene rings is 1. The molecule has 1 aromatic heterocycles. The number of nitrogens with one attached hydrogen (secondary N) is 1. The number of hydrogen-bond acceptors (Lipinski definition) is 5. The lowest BCUT2D eigenvalue weighted by atomic mass is 10.0. The summed E-state index contributed by atoms with van der Waals surface area (Å²) in [5.74, 6) is 0.406. The molecule has 3 rings (SSSR count). The second-order valence-electron chi connectivity index (χ2n) is 6.70. The highest BCUT2D eigenvalue weighted by Crippen LogP contribution is 2.22. The fourth-order valence-electron chi connectivity index (χ4n) is 3.31. The lowest BCUT2D eigenvalue weighted by Gasteiger charge is -2.21. The van der Waals surface area contributed by atoms with E-state index in [1.165, 1.54) is 16.9 Å². The number of nitrogens with zero attached hydrogens (tertiary/aromatic N) is 2. The quantitative estimate of drug-likeness (QED) is 0.797. The molecule has 1 saturated heterocycles. The molecule has 2 atom stereocenters. The monoisotopic (exact) mass is 358 g/mol. The summed E-state index contributed by atoms with van der Waals surface area (Å²) in [7, 11) is 0. The highest BCUT2D eigenvalue weighted by atomic mass is 32.1. The predicted molar refractivity (Wildman–Crippen MR) is 102 cm³/mol. The average molecular weight is 359 g/mol. The van der Waals surface area contributed by atoms with E-state index in [4.69, 9.17) is 5.73 Å². The van der Waals surface area contributed by atoms with Gasteiger partial charge in [0, 0.05) is 30.9 Å². The Labute approximate surface area is 153 Å². The van der Waals surface area contributed by atoms with Crippen LogP contribution in [0.25, 0.3) is 0 Å². The number of rotatable bonds is 7. The third-order valence-electron chi connectivity index (χ3n) is 4.77. The fourth-order valence-corrected chi connectivity index (χ4v) is 4.10. The van der Waals surface area contributed by atoms with Crippen molar-refractivity contribution in [1.82, 2.24) is 15.2 Å². The van der Waals surface area contributed by atoms with Crippen molar-refractivity contribution in [2.75, 3.05) is 19.6 Å². The third kappa shape index (κ3) is 4.87. The lowest BCUT2D eigenvalue weighted by molar-refractivity contribution is 0.0922. The minimum Gasteiger partial charge on any atom is -0.348 e. The van der Waals surface area contributed by atoms with Gasteiger partial charge in [0.2, 0.25) is 0 Å². The fraction of sp³-hybridized carbons (Fsp3) is 0.474. The smallest absolute Gasteiger partial charge is 0.270 e. The van der Waals surface area contributed by atoms with Crippen molar-refractivity contribution < 1.29 is 4.79 Å². The second kappa shape index (κ2) is 8.56. The zero-order valence-electron chi connectivity index (χ0n) is 14.6. The van der Waals surface area contributed by atoms with Crippen molar-refractivity contribution >= 4 is 17.2 Å². The van der Waals surface area contributed by atoms with E-state index in [0.717, 1.165) is 37.5 Å². The zero-order chi connectivity index (χ0) is 17.6. The Balaban J connectivity index is 1.49. The Morgan fingerprint density at radius 3 is 3.00 bits per heavy atom. The molecule has 6 heteroatoms. The van der Waals surface area contributed by atoms with Crippen LogP contribution in [0.2, 0.25) is 0 Å². The Morgan fingerprint density at radius 1 is 1.44 bits per heavy atom. The Bertz CT molecular complexity index is 688. The van der Waals surface area contributed by atoms with Crippen LogP contribution in [0.3, 0.4) is 0 Å². The van der Waals surface area contributed by atoms with E-state index in [1.54, 1.807) is 0 Å². The molecule has 1 aromatic carbocycles. The summed E-state index contributed by atoms with van der Waals surface area (Å²) >= 11 is 1.50. The second-order valence-corrected chi connectivity index (χ2v) is 7.64. The van der Waals surface area contributed by atoms with Gasteiger partial charge in [-0.1, -0.05) is 30.3 Å². The van der Waals surface area contributed by atoms with Crippen LogP contribution in [0.15, 0.2) is 35.7 Å². The number of nitrogens with two attached hydrogens (primary N) is 1. The van der Waals surface area contributed by atoms with Crippen molar-refractivity contribution in [3.63, 3.8) is 0 Å². The molecule has 1 aliphatic rings. The maximum atomic E-state index is 12.4. The normalized spacial score (nSPS) is 19.0. The summed E-state index contributed by atoms with van der Waals surface area (Å²) in [5, 5.41) is 5.87. The molecular formula is C19H26N4OS. The zero-order valence-corrected chi connectivity index (χ0v) is 15.5. The summed E-state index contributed by atoms with van der Waals surface area (Å²) in [5.41, 5.74) is 7.39. The largest absolute Gasteiger partial charge is 0.348 e. The molecule has 0 spiro atoms. The minimum absolute atomic E-state index is 0.0754. The molecule has 25 heavy (non-hydrogen) atoms. The molecule has 2 aromatic rings. The first-order valence-corrected chi connectivity index (χ1v) is 9.75. The van der Waals surface area contributed by atoms with Gasteiger partial charge in [-0.2, -0.15) is 0 Å². The van der Waals surface area contributed by atoms with E-state index in [9.17, 15) is 4.79 Å². The van der Waals surface area contributed by atoms with Crippen LogP contribution >= 0.6 is 11.3 Å². The number of thiazole rings is 1. The first kappa shape index (κ1) is 18.0. The molecule has 2 heterocycles. The van der Waals surface area contributed by atoms with Gasteiger partial charge >= 0.3 is 0 Å². The van der Waals surface area contributed by atoms with Gasteiger partial charge < -0.3 is 11.1 Å². The van der Waals surface area contributed by atoms with Gasteiger partial charge in [0.15, 0.2) is 0 Å². The molecule has 1 aliphatic heterocycles. The lowest BCUT2D eigenvalue weighted by Crippen LogP contribution is -2.39. The van der Waals surface area contributed by atoms with Crippen LogP contribution in [-0.2, 0) is 13.0 Å². The molecule has 134 valence electrons. The molecule has 2 unspecified atom stereocenters. The summed E-state index contributed by atoms with van der Waals surface area (Å²) in [6.45, 7) is 5.74. The van der Waals surface area contributed by atoms with Crippen LogP contribution in [0.4, 0.5) is 0 Å². The molecule has 0 bridgehead atoms. The third-order valence-corrected chi connectivity index (χ3v) is 5.67. The molecule has 0 radical (unpaired) electrons. The highest BCUT2D eigenvalue weighted by Gasteiger charge is 2.28. The Hall–Kier alpha value is -1.76. The van der Waals surface area contributed by atoms with Crippen molar-refractivity contribution in [3.05, 3.63) is 52.0 Å². The predicted octanol–water partition coefficient (Wildman–Crippen LogP) is 2.28. The number of hydrogen-bond donors (Lipinski definition) is 2. The summed E-state index contributed by atoms with van der Waals surface area (Å²) in [6, 6.07) is 10.7. The van der Waals surface area contributed by atoms with Crippen molar-refractivity contribution in [2.24, 2.45) is 11.7 Å². The van der Waals surface area contributed by atoms with Crippen LogP contribution in [0.1, 0.15) is 34.4 Å². The Kier molecular flexibility index (Phi) is 6.18. The maximum absolute atomic E-state index is 12.4. The van der Waals surface area contributed by atoms with E-state index < -0.39 is 0 Å². The van der Waals surface area contributed by atoms with E-state index in [0.29, 0.717) is 18.2 Å². The van der Waals surface area contributed by atoms with Gasteiger partial charge in [0.1, 0.15) is 5.69 Å². The number of aromatic nitrogens is 1. The molecule has 1 fully saturated rings. The standard InChI is InChI=1S/C19H26N4OS/c1-14(21-19(24)17-13-25-18(22-17)7-9-20)16-8-10-23(12-16)11-15-5-3-2-4-6-15/h2-6,13-14,16H,7-12,20H2,1H3,(H,21,24). The van der Waals surface area contributed by atoms with Crippen LogP contribution in [0, 0.1) is 5.92 Å². The molecule has 0 saturated carbocycles. The van der Waals surface area contributed by atoms with Crippen molar-refractivity contribution in [3.8, 4) is 0 Å². The first-order chi connectivity index (χ1) is 12.2. The van der Waals surface area contributed by atoms with E-state index in [1.807, 2.05) is 11.4 Å². The summed E-state index contributed by atoms with van der Waals surface area (Å²) < 4.78 is 0. The molecule has 0 aliphatic carbocycles. The van der Waals surface area contributed by atoms with Gasteiger partial charge in [-0.15, -0.1) is 11.3 Å². The van der Waals surface area contributed by atoms with Crippen molar-refractivity contribution in [2.45, 2.75) is 32.4 Å². The molecular weight excluding hydrogens is 332 g/mol. The van der Waals surface area contributed by atoms with Crippen LogP contribution in [-0.4, -0.2) is 41.5 Å². The van der Waals surface area contributed by atoms with E-state index >= 15 is 0 Å². The minimum atomic E-state index is -0.0754. The number of likely N-dealkylation sites (tertiary alicyclic amines) is 1.